The zero-order valence-corrected chi connectivity index (χ0v) is 13.3. The molecule has 23 heavy (non-hydrogen) atoms. The van der Waals surface area contributed by atoms with Crippen molar-refractivity contribution in [1.82, 2.24) is 15.1 Å². The van der Waals surface area contributed by atoms with Crippen LogP contribution in [0.1, 0.15) is 42.7 Å². The summed E-state index contributed by atoms with van der Waals surface area (Å²) in [5.41, 5.74) is 2.25. The van der Waals surface area contributed by atoms with Crippen LogP contribution < -0.4 is 5.32 Å². The van der Waals surface area contributed by atoms with Crippen LogP contribution >= 0.6 is 0 Å². The third kappa shape index (κ3) is 4.18. The van der Waals surface area contributed by atoms with Gasteiger partial charge in [-0.2, -0.15) is 5.10 Å². The van der Waals surface area contributed by atoms with Crippen LogP contribution in [0.25, 0.3) is 0 Å². The normalized spacial score (nSPS) is 20.6. The molecule has 1 amide bonds. The summed E-state index contributed by atoms with van der Waals surface area (Å²) >= 11 is 0. The fourth-order valence-corrected chi connectivity index (χ4v) is 3.31. The molecule has 1 aromatic heterocycles. The molecule has 1 aromatic carbocycles. The molecule has 2 atom stereocenters. The number of hydrogen-bond acceptors (Lipinski definition) is 2. The van der Waals surface area contributed by atoms with Crippen LogP contribution in [0.15, 0.2) is 36.7 Å². The predicted molar refractivity (Wildman–Crippen MR) is 86.5 cm³/mol. The average Bonchev–Trinajstić information content (AvgIpc) is 3.15. The highest BCUT2D eigenvalue weighted by Crippen LogP contribution is 2.34. The SMILES string of the molecule is Cn1cc(CCC(=O)NC2CCC(c3ccc(F)cc3)C2)cn1. The van der Waals surface area contributed by atoms with Crippen LogP contribution in [-0.2, 0) is 18.3 Å². The van der Waals surface area contributed by atoms with Gasteiger partial charge in [0.1, 0.15) is 5.82 Å². The van der Waals surface area contributed by atoms with E-state index in [1.807, 2.05) is 25.4 Å². The second kappa shape index (κ2) is 6.94. The van der Waals surface area contributed by atoms with Crippen molar-refractivity contribution in [2.45, 2.75) is 44.1 Å². The number of amides is 1. The molecule has 1 aliphatic rings. The van der Waals surface area contributed by atoms with Gasteiger partial charge in [0, 0.05) is 25.7 Å². The molecule has 0 bridgehead atoms. The summed E-state index contributed by atoms with van der Waals surface area (Å²) < 4.78 is 14.7. The lowest BCUT2D eigenvalue weighted by Crippen LogP contribution is -2.32. The van der Waals surface area contributed by atoms with Gasteiger partial charge in [-0.1, -0.05) is 12.1 Å². The van der Waals surface area contributed by atoms with Gasteiger partial charge in [0.25, 0.3) is 0 Å². The van der Waals surface area contributed by atoms with Crippen LogP contribution in [0, 0.1) is 5.82 Å². The highest BCUT2D eigenvalue weighted by atomic mass is 19.1. The monoisotopic (exact) mass is 315 g/mol. The summed E-state index contributed by atoms with van der Waals surface area (Å²) in [6, 6.07) is 6.95. The Labute approximate surface area is 135 Å². The minimum absolute atomic E-state index is 0.0959. The van der Waals surface area contributed by atoms with Crippen molar-refractivity contribution in [2.75, 3.05) is 0 Å². The summed E-state index contributed by atoms with van der Waals surface area (Å²) in [6.45, 7) is 0. The van der Waals surface area contributed by atoms with E-state index in [9.17, 15) is 9.18 Å². The number of nitrogens with one attached hydrogen (secondary N) is 1. The number of carbonyl (C=O) groups excluding carboxylic acids is 1. The van der Waals surface area contributed by atoms with Crippen molar-refractivity contribution < 1.29 is 9.18 Å². The van der Waals surface area contributed by atoms with Gasteiger partial charge in [-0.25, -0.2) is 4.39 Å². The topological polar surface area (TPSA) is 46.9 Å². The Balaban J connectivity index is 1.45. The van der Waals surface area contributed by atoms with Crippen LogP contribution in [0.3, 0.4) is 0 Å². The van der Waals surface area contributed by atoms with Gasteiger partial charge in [-0.15, -0.1) is 0 Å². The average molecular weight is 315 g/mol. The maximum atomic E-state index is 13.0. The van der Waals surface area contributed by atoms with E-state index in [4.69, 9.17) is 0 Å². The van der Waals surface area contributed by atoms with E-state index in [2.05, 4.69) is 10.4 Å². The first-order chi connectivity index (χ1) is 11.1. The van der Waals surface area contributed by atoms with Crippen molar-refractivity contribution in [1.29, 1.82) is 0 Å². The molecule has 2 aromatic rings. The fraction of sp³-hybridized carbons (Fsp3) is 0.444. The standard InChI is InChI=1S/C18H22FN3O/c1-22-12-13(11-20-22)2-9-18(23)21-17-8-5-15(10-17)14-3-6-16(19)7-4-14/h3-4,6-7,11-12,15,17H,2,5,8-10H2,1H3,(H,21,23). The van der Waals surface area contributed by atoms with E-state index in [1.165, 1.54) is 17.7 Å². The molecule has 3 rings (SSSR count). The number of nitrogens with zero attached hydrogens (tertiary/aromatic N) is 2. The maximum absolute atomic E-state index is 13.0. The second-order valence-electron chi connectivity index (χ2n) is 6.35. The lowest BCUT2D eigenvalue weighted by atomic mass is 9.97. The van der Waals surface area contributed by atoms with Crippen molar-refractivity contribution in [3.05, 3.63) is 53.6 Å². The lowest BCUT2D eigenvalue weighted by molar-refractivity contribution is -0.121. The molecule has 1 heterocycles. The highest BCUT2D eigenvalue weighted by Gasteiger charge is 2.26. The predicted octanol–water partition coefficient (Wildman–Crippen LogP) is 2.94. The quantitative estimate of drug-likeness (QED) is 0.922. The van der Waals surface area contributed by atoms with Gasteiger partial charge in [0.2, 0.25) is 5.91 Å². The molecule has 4 nitrogen and oxygen atoms in total. The van der Waals surface area contributed by atoms with Crippen LogP contribution in [0.4, 0.5) is 4.39 Å². The first kappa shape index (κ1) is 15.7. The zero-order chi connectivity index (χ0) is 16.2. The van der Waals surface area contributed by atoms with Gasteiger partial charge in [0.05, 0.1) is 6.20 Å². The maximum Gasteiger partial charge on any atom is 0.220 e. The third-order valence-corrected chi connectivity index (χ3v) is 4.54. The van der Waals surface area contributed by atoms with Gasteiger partial charge >= 0.3 is 0 Å². The number of aryl methyl sites for hydroxylation is 2. The summed E-state index contributed by atoms with van der Waals surface area (Å²) in [7, 11) is 1.87. The summed E-state index contributed by atoms with van der Waals surface area (Å²) in [5.74, 6) is 0.310. The largest absolute Gasteiger partial charge is 0.353 e. The minimum Gasteiger partial charge on any atom is -0.353 e. The Bertz CT molecular complexity index is 665. The molecule has 0 spiro atoms. The Morgan fingerprint density at radius 1 is 1.35 bits per heavy atom. The Morgan fingerprint density at radius 3 is 2.83 bits per heavy atom. The molecule has 5 heteroatoms. The number of carbonyl (C=O) groups is 1. The zero-order valence-electron chi connectivity index (χ0n) is 13.3. The summed E-state index contributed by atoms with van der Waals surface area (Å²) in [6.07, 6.45) is 7.90. The Hall–Kier alpha value is -2.17. The number of aromatic nitrogens is 2. The van der Waals surface area contributed by atoms with Crippen LogP contribution in [-0.4, -0.2) is 21.7 Å². The fourth-order valence-electron chi connectivity index (χ4n) is 3.31. The number of halogens is 1. The van der Waals surface area contributed by atoms with E-state index in [1.54, 1.807) is 10.9 Å². The second-order valence-corrected chi connectivity index (χ2v) is 6.35. The molecule has 1 saturated carbocycles. The number of hydrogen-bond donors (Lipinski definition) is 1. The molecule has 0 aliphatic heterocycles. The van der Waals surface area contributed by atoms with Crippen molar-refractivity contribution in [2.24, 2.45) is 7.05 Å². The van der Waals surface area contributed by atoms with Gasteiger partial charge in [-0.05, 0) is 54.9 Å². The molecule has 0 radical (unpaired) electrons. The smallest absolute Gasteiger partial charge is 0.220 e. The van der Waals surface area contributed by atoms with Crippen molar-refractivity contribution >= 4 is 5.91 Å². The van der Waals surface area contributed by atoms with Gasteiger partial charge in [0.15, 0.2) is 0 Å². The van der Waals surface area contributed by atoms with E-state index in [0.29, 0.717) is 18.8 Å². The summed E-state index contributed by atoms with van der Waals surface area (Å²) in [4.78, 5) is 12.1. The first-order valence-electron chi connectivity index (χ1n) is 8.12. The van der Waals surface area contributed by atoms with Crippen LogP contribution in [0.2, 0.25) is 0 Å². The molecule has 122 valence electrons. The molecule has 1 N–H and O–H groups in total. The van der Waals surface area contributed by atoms with E-state index < -0.39 is 0 Å². The Kier molecular flexibility index (Phi) is 4.74. The van der Waals surface area contributed by atoms with E-state index >= 15 is 0 Å². The van der Waals surface area contributed by atoms with E-state index in [-0.39, 0.29) is 17.8 Å². The number of rotatable bonds is 5. The molecule has 1 aliphatic carbocycles. The minimum atomic E-state index is -0.202. The van der Waals surface area contributed by atoms with E-state index in [0.717, 1.165) is 24.8 Å². The van der Waals surface area contributed by atoms with Crippen molar-refractivity contribution in [3.63, 3.8) is 0 Å². The molecule has 1 fully saturated rings. The van der Waals surface area contributed by atoms with Crippen LogP contribution in [0.5, 0.6) is 0 Å². The third-order valence-electron chi connectivity index (χ3n) is 4.54. The van der Waals surface area contributed by atoms with Gasteiger partial charge < -0.3 is 5.32 Å². The first-order valence-corrected chi connectivity index (χ1v) is 8.12. The molecule has 2 unspecified atom stereocenters. The van der Waals surface area contributed by atoms with Gasteiger partial charge in [-0.3, -0.25) is 9.48 Å². The molecular weight excluding hydrogens is 293 g/mol. The number of benzene rings is 1. The molecule has 0 saturated heterocycles. The molecular formula is C18H22FN3O. The lowest BCUT2D eigenvalue weighted by Gasteiger charge is -2.13. The van der Waals surface area contributed by atoms with Crippen molar-refractivity contribution in [3.8, 4) is 0 Å². The Morgan fingerprint density at radius 2 is 2.13 bits per heavy atom. The summed E-state index contributed by atoms with van der Waals surface area (Å²) in [5, 5.41) is 7.23. The highest BCUT2D eigenvalue weighted by molar-refractivity contribution is 5.76.